The third-order valence-electron chi connectivity index (χ3n) is 2.18. The summed E-state index contributed by atoms with van der Waals surface area (Å²) in [5.41, 5.74) is -2.20. The van der Waals surface area contributed by atoms with Gasteiger partial charge in [-0.3, -0.25) is 0 Å². The highest BCUT2D eigenvalue weighted by molar-refractivity contribution is 5.94. The van der Waals surface area contributed by atoms with Crippen LogP contribution in [0.5, 0.6) is 11.6 Å². The average Bonchev–Trinajstić information content (AvgIpc) is 2.36. The fourth-order valence-corrected chi connectivity index (χ4v) is 1.46. The lowest BCUT2D eigenvalue weighted by Crippen LogP contribution is -2.22. The highest BCUT2D eigenvalue weighted by Crippen LogP contribution is 2.37. The van der Waals surface area contributed by atoms with Crippen molar-refractivity contribution in [3.8, 4) is 11.6 Å². The molecule has 0 aromatic carbocycles. The second kappa shape index (κ2) is 6.55. The van der Waals surface area contributed by atoms with E-state index in [9.17, 15) is 26.7 Å². The zero-order valence-electron chi connectivity index (χ0n) is 10.8. The molecule has 1 heterocycles. The van der Waals surface area contributed by atoms with E-state index in [1.165, 1.54) is 6.92 Å². The van der Waals surface area contributed by atoms with Gasteiger partial charge in [-0.2, -0.15) is 0 Å². The molecular weight excluding hydrogens is 305 g/mol. The largest absolute Gasteiger partial charge is 0.574 e. The number of ether oxygens (including phenoxy) is 3. The Hall–Kier alpha value is -2.13. The molecule has 0 bridgehead atoms. The number of pyridine rings is 1. The van der Waals surface area contributed by atoms with Crippen molar-refractivity contribution in [3.63, 3.8) is 0 Å². The van der Waals surface area contributed by atoms with Gasteiger partial charge in [0.2, 0.25) is 5.88 Å². The molecule has 1 aromatic heterocycles. The molecule has 0 unspecified atom stereocenters. The van der Waals surface area contributed by atoms with Gasteiger partial charge in [0.1, 0.15) is 11.3 Å². The topological polar surface area (TPSA) is 57.7 Å². The molecule has 1 aromatic rings. The van der Waals surface area contributed by atoms with Crippen LogP contribution >= 0.6 is 0 Å². The third kappa shape index (κ3) is 4.17. The van der Waals surface area contributed by atoms with E-state index in [2.05, 4.69) is 19.2 Å². The Morgan fingerprint density at radius 1 is 1.38 bits per heavy atom. The third-order valence-corrected chi connectivity index (χ3v) is 2.18. The minimum absolute atomic E-state index is 0.232. The molecule has 5 nitrogen and oxygen atoms in total. The van der Waals surface area contributed by atoms with Gasteiger partial charge in [-0.15, -0.1) is 13.2 Å². The molecule has 1 rings (SSSR count). The van der Waals surface area contributed by atoms with Crippen LogP contribution in [0.15, 0.2) is 6.20 Å². The number of carbonyl (C=O) groups excluding carboxylic acids is 1. The van der Waals surface area contributed by atoms with Gasteiger partial charge >= 0.3 is 12.3 Å². The Morgan fingerprint density at radius 2 is 2.00 bits per heavy atom. The second-order valence-electron chi connectivity index (χ2n) is 3.49. The Bertz CT molecular complexity index is 518. The van der Waals surface area contributed by atoms with Crippen LogP contribution < -0.4 is 9.47 Å². The summed E-state index contributed by atoms with van der Waals surface area (Å²) in [5.74, 6) is -3.29. The molecule has 0 saturated heterocycles. The lowest BCUT2D eigenvalue weighted by molar-refractivity contribution is -0.276. The maximum atomic E-state index is 13.0. The van der Waals surface area contributed by atoms with Crippen LogP contribution in [0.2, 0.25) is 0 Å². The lowest BCUT2D eigenvalue weighted by Gasteiger charge is -2.16. The lowest BCUT2D eigenvalue weighted by atomic mass is 10.1. The van der Waals surface area contributed by atoms with Crippen LogP contribution in [0.3, 0.4) is 0 Å². The van der Waals surface area contributed by atoms with Crippen LogP contribution in [-0.2, 0) is 4.74 Å². The highest BCUT2D eigenvalue weighted by atomic mass is 19.4. The monoisotopic (exact) mass is 315 g/mol. The molecule has 0 saturated carbocycles. The van der Waals surface area contributed by atoms with Gasteiger partial charge in [0.25, 0.3) is 6.43 Å². The van der Waals surface area contributed by atoms with E-state index >= 15 is 0 Å². The number of methoxy groups -OCH3 is 1. The molecule has 0 fully saturated rings. The number of aromatic nitrogens is 1. The van der Waals surface area contributed by atoms with Gasteiger partial charge < -0.3 is 14.2 Å². The highest BCUT2D eigenvalue weighted by Gasteiger charge is 2.37. The maximum Gasteiger partial charge on any atom is 0.574 e. The van der Waals surface area contributed by atoms with E-state index in [4.69, 9.17) is 0 Å². The van der Waals surface area contributed by atoms with Crippen LogP contribution in [0, 0.1) is 0 Å². The number of hydrogen-bond acceptors (Lipinski definition) is 5. The summed E-state index contributed by atoms with van der Waals surface area (Å²) in [6.45, 7) is 1.13. The molecule has 118 valence electrons. The fourth-order valence-electron chi connectivity index (χ4n) is 1.46. The van der Waals surface area contributed by atoms with Crippen molar-refractivity contribution in [2.24, 2.45) is 0 Å². The molecule has 10 heteroatoms. The molecule has 0 amide bonds. The zero-order valence-corrected chi connectivity index (χ0v) is 10.8. The van der Waals surface area contributed by atoms with Crippen molar-refractivity contribution in [1.29, 1.82) is 0 Å². The quantitative estimate of drug-likeness (QED) is 0.617. The number of halogens is 5. The van der Waals surface area contributed by atoms with Gasteiger partial charge in [0.15, 0.2) is 0 Å². The maximum absolute atomic E-state index is 13.0. The van der Waals surface area contributed by atoms with Gasteiger partial charge in [-0.1, -0.05) is 0 Å². The summed E-state index contributed by atoms with van der Waals surface area (Å²) in [5, 5.41) is 0. The van der Waals surface area contributed by atoms with Crippen molar-refractivity contribution >= 4 is 5.97 Å². The average molecular weight is 315 g/mol. The van der Waals surface area contributed by atoms with Crippen LogP contribution in [0.1, 0.15) is 29.3 Å². The first kappa shape index (κ1) is 16.9. The van der Waals surface area contributed by atoms with Crippen molar-refractivity contribution < 1.29 is 41.0 Å². The van der Waals surface area contributed by atoms with E-state index in [1.54, 1.807) is 0 Å². The van der Waals surface area contributed by atoms with Gasteiger partial charge in [-0.25, -0.2) is 18.6 Å². The van der Waals surface area contributed by atoms with Crippen molar-refractivity contribution in [1.82, 2.24) is 4.98 Å². The minimum atomic E-state index is -5.21. The van der Waals surface area contributed by atoms with Crippen molar-refractivity contribution in [2.75, 3.05) is 13.7 Å². The number of carbonyl (C=O) groups is 1. The standard InChI is InChI=1S/C11H10F5NO4/c1-3-20-10(18)7-6(8(12)13)5(19-2)4-17-9(7)21-11(14,15)16/h4,8H,3H2,1-2H3. The molecule has 0 radical (unpaired) electrons. The van der Waals surface area contributed by atoms with E-state index < -0.39 is 41.5 Å². The van der Waals surface area contributed by atoms with E-state index in [-0.39, 0.29) is 6.61 Å². The molecule has 0 aliphatic heterocycles. The van der Waals surface area contributed by atoms with Crippen molar-refractivity contribution in [2.45, 2.75) is 19.7 Å². The summed E-state index contributed by atoms with van der Waals surface area (Å²) >= 11 is 0. The summed E-state index contributed by atoms with van der Waals surface area (Å²) in [7, 11) is 1.00. The van der Waals surface area contributed by atoms with Gasteiger partial charge in [0.05, 0.1) is 25.5 Å². The molecule has 0 atom stereocenters. The summed E-state index contributed by atoms with van der Waals surface area (Å²) < 4.78 is 75.4. The van der Waals surface area contributed by atoms with E-state index in [0.717, 1.165) is 7.11 Å². The SMILES string of the molecule is CCOC(=O)c1c(OC(F)(F)F)ncc(OC)c1C(F)F. The first-order valence-electron chi connectivity index (χ1n) is 5.49. The van der Waals surface area contributed by atoms with Crippen LogP contribution in [0.25, 0.3) is 0 Å². The number of esters is 1. The van der Waals surface area contributed by atoms with Crippen molar-refractivity contribution in [3.05, 3.63) is 17.3 Å². The summed E-state index contributed by atoms with van der Waals surface area (Å²) in [6.07, 6.45) is -7.90. The summed E-state index contributed by atoms with van der Waals surface area (Å²) in [4.78, 5) is 14.8. The Balaban J connectivity index is 3.50. The number of hydrogen-bond donors (Lipinski definition) is 0. The predicted octanol–water partition coefficient (Wildman–Crippen LogP) is 3.10. The number of nitrogens with zero attached hydrogens (tertiary/aromatic N) is 1. The molecule has 21 heavy (non-hydrogen) atoms. The Labute approximate surface area is 115 Å². The Kier molecular flexibility index (Phi) is 5.28. The molecular formula is C11H10F5NO4. The number of rotatable bonds is 5. The number of alkyl halides is 5. The van der Waals surface area contributed by atoms with Gasteiger partial charge in [-0.05, 0) is 6.92 Å². The smallest absolute Gasteiger partial charge is 0.495 e. The fraction of sp³-hybridized carbons (Fsp3) is 0.455. The first-order chi connectivity index (χ1) is 9.71. The van der Waals surface area contributed by atoms with Crippen LogP contribution in [-0.4, -0.2) is 31.0 Å². The minimum Gasteiger partial charge on any atom is -0.495 e. The molecule has 0 aliphatic rings. The zero-order chi connectivity index (χ0) is 16.2. The Morgan fingerprint density at radius 3 is 2.43 bits per heavy atom. The predicted molar refractivity (Wildman–Crippen MR) is 58.4 cm³/mol. The van der Waals surface area contributed by atoms with Crippen LogP contribution in [0.4, 0.5) is 22.0 Å². The molecule has 0 N–H and O–H groups in total. The molecule has 0 aliphatic carbocycles. The summed E-state index contributed by atoms with van der Waals surface area (Å²) in [6, 6.07) is 0. The second-order valence-corrected chi connectivity index (χ2v) is 3.49. The molecule has 0 spiro atoms. The van der Waals surface area contributed by atoms with Gasteiger partial charge in [0, 0.05) is 0 Å². The van der Waals surface area contributed by atoms with E-state index in [0.29, 0.717) is 6.20 Å². The van der Waals surface area contributed by atoms with E-state index in [1.807, 2.05) is 0 Å². The normalized spacial score (nSPS) is 11.4. The first-order valence-corrected chi connectivity index (χ1v) is 5.49.